The average Bonchev–Trinajstić information content (AvgIpc) is 2.95. The fourth-order valence-corrected chi connectivity index (χ4v) is 3.93. The Balaban J connectivity index is 1.66. The molecule has 0 saturated heterocycles. The van der Waals surface area contributed by atoms with Gasteiger partial charge in [0, 0.05) is 24.1 Å². The normalized spacial score (nSPS) is 21.2. The predicted octanol–water partition coefficient (Wildman–Crippen LogP) is 1.95. The lowest BCUT2D eigenvalue weighted by Gasteiger charge is -2.32. The summed E-state index contributed by atoms with van der Waals surface area (Å²) in [6, 6.07) is 5.36. The van der Waals surface area contributed by atoms with E-state index in [4.69, 9.17) is 9.47 Å². The first-order chi connectivity index (χ1) is 13.2. The molecule has 2 aromatic rings. The molecule has 3 aliphatic rings. The molecule has 8 heteroatoms. The maximum Gasteiger partial charge on any atom is 0.226 e. The maximum absolute atomic E-state index is 12.8. The van der Waals surface area contributed by atoms with Gasteiger partial charge >= 0.3 is 0 Å². The van der Waals surface area contributed by atoms with E-state index in [1.807, 2.05) is 18.2 Å². The van der Waals surface area contributed by atoms with Crippen molar-refractivity contribution in [2.75, 3.05) is 18.5 Å². The summed E-state index contributed by atoms with van der Waals surface area (Å²) in [6.45, 7) is 0.966. The van der Waals surface area contributed by atoms with E-state index in [0.717, 1.165) is 36.1 Å². The Morgan fingerprint density at radius 2 is 2.04 bits per heavy atom. The molecule has 0 bridgehead atoms. The first-order valence-electron chi connectivity index (χ1n) is 9.23. The molecule has 1 atom stereocenters. The van der Waals surface area contributed by atoms with Gasteiger partial charge in [-0.2, -0.15) is 10.1 Å². The number of fused-ring (bicyclic) bond motifs is 2. The van der Waals surface area contributed by atoms with E-state index in [2.05, 4.69) is 15.4 Å². The van der Waals surface area contributed by atoms with Crippen molar-refractivity contribution < 1.29 is 19.4 Å². The fourth-order valence-electron chi connectivity index (χ4n) is 3.93. The number of nitrogens with zero attached hydrogens (tertiary/aromatic N) is 3. The van der Waals surface area contributed by atoms with E-state index >= 15 is 0 Å². The molecule has 2 aliphatic heterocycles. The van der Waals surface area contributed by atoms with Crippen molar-refractivity contribution in [3.8, 4) is 11.5 Å². The zero-order chi connectivity index (χ0) is 18.4. The molecule has 3 heterocycles. The Labute approximate surface area is 155 Å². The Kier molecular flexibility index (Phi) is 3.86. The maximum atomic E-state index is 12.8. The van der Waals surface area contributed by atoms with Crippen LogP contribution < -0.4 is 14.8 Å². The second-order valence-electron chi connectivity index (χ2n) is 6.91. The van der Waals surface area contributed by atoms with Crippen LogP contribution in [0.1, 0.15) is 43.1 Å². The summed E-state index contributed by atoms with van der Waals surface area (Å²) >= 11 is 0. The van der Waals surface area contributed by atoms with Crippen LogP contribution in [0.25, 0.3) is 0 Å². The largest absolute Gasteiger partial charge is 0.490 e. The van der Waals surface area contributed by atoms with E-state index in [9.17, 15) is 9.90 Å². The van der Waals surface area contributed by atoms with E-state index in [-0.39, 0.29) is 12.4 Å². The standard InChI is InChI=1S/C19H20N4O4/c24-10-16-21-19-20-12-3-1-4-13(25)17(12)18(23(19)22-16)11-5-6-14-15(9-11)27-8-2-7-26-14/h5-6,9,18,24H,1-4,7-8,10H2,(H,20,21,22). The second-order valence-corrected chi connectivity index (χ2v) is 6.91. The van der Waals surface area contributed by atoms with Crippen LogP contribution in [0, 0.1) is 0 Å². The molecule has 1 aromatic heterocycles. The number of Topliss-reactive ketones (excluding diaryl/α,β-unsaturated/α-hetero) is 1. The lowest BCUT2D eigenvalue weighted by molar-refractivity contribution is -0.116. The van der Waals surface area contributed by atoms with Gasteiger partial charge in [0.2, 0.25) is 5.95 Å². The number of hydrogen-bond donors (Lipinski definition) is 2. The highest BCUT2D eigenvalue weighted by Crippen LogP contribution is 2.42. The van der Waals surface area contributed by atoms with Crippen LogP contribution in [0.15, 0.2) is 29.5 Å². The number of aliphatic hydroxyl groups excluding tert-OH is 1. The molecule has 0 amide bonds. The monoisotopic (exact) mass is 368 g/mol. The number of carbonyl (C=O) groups is 1. The number of aliphatic hydroxyl groups is 1. The Bertz CT molecular complexity index is 949. The first kappa shape index (κ1) is 16.3. The summed E-state index contributed by atoms with van der Waals surface area (Å²) in [7, 11) is 0. The van der Waals surface area contributed by atoms with Crippen molar-refractivity contribution in [1.82, 2.24) is 14.8 Å². The minimum atomic E-state index is -0.394. The van der Waals surface area contributed by atoms with Gasteiger partial charge in [-0.05, 0) is 30.5 Å². The summed E-state index contributed by atoms with van der Waals surface area (Å²) in [5.41, 5.74) is 2.50. The van der Waals surface area contributed by atoms with Crippen molar-refractivity contribution in [1.29, 1.82) is 0 Å². The zero-order valence-electron chi connectivity index (χ0n) is 14.8. The van der Waals surface area contributed by atoms with Gasteiger partial charge in [0.1, 0.15) is 12.6 Å². The Morgan fingerprint density at radius 1 is 1.19 bits per heavy atom. The lowest BCUT2D eigenvalue weighted by Crippen LogP contribution is -2.31. The van der Waals surface area contributed by atoms with Crippen LogP contribution in [0.4, 0.5) is 5.95 Å². The molecule has 1 aliphatic carbocycles. The Hall–Kier alpha value is -2.87. The molecule has 0 fully saturated rings. The van der Waals surface area contributed by atoms with Gasteiger partial charge in [0.25, 0.3) is 0 Å². The third kappa shape index (κ3) is 2.68. The van der Waals surface area contributed by atoms with Gasteiger partial charge in [-0.1, -0.05) is 6.07 Å². The minimum absolute atomic E-state index is 0.118. The van der Waals surface area contributed by atoms with Crippen LogP contribution in [0.3, 0.4) is 0 Å². The molecule has 1 aromatic carbocycles. The highest BCUT2D eigenvalue weighted by atomic mass is 16.5. The van der Waals surface area contributed by atoms with Gasteiger partial charge in [0.15, 0.2) is 23.1 Å². The van der Waals surface area contributed by atoms with Crippen LogP contribution in [-0.2, 0) is 11.4 Å². The SMILES string of the molecule is O=C1CCCC2=C1C(c1ccc3c(c1)OCCCO3)n1nc(CO)nc1N2. The van der Waals surface area contributed by atoms with Gasteiger partial charge in [-0.15, -0.1) is 0 Å². The summed E-state index contributed by atoms with van der Waals surface area (Å²) in [5.74, 6) is 2.38. The molecule has 2 N–H and O–H groups in total. The van der Waals surface area contributed by atoms with E-state index in [0.29, 0.717) is 42.9 Å². The first-order valence-corrected chi connectivity index (χ1v) is 9.23. The number of rotatable bonds is 2. The van der Waals surface area contributed by atoms with Crippen molar-refractivity contribution in [3.63, 3.8) is 0 Å². The molecule has 27 heavy (non-hydrogen) atoms. The number of aromatic nitrogens is 3. The summed E-state index contributed by atoms with van der Waals surface area (Å²) < 4.78 is 13.2. The molecule has 140 valence electrons. The number of ketones is 1. The summed E-state index contributed by atoms with van der Waals surface area (Å²) in [6.07, 6.45) is 2.97. The number of nitrogens with one attached hydrogen (secondary N) is 1. The molecular weight excluding hydrogens is 348 g/mol. The number of benzene rings is 1. The van der Waals surface area contributed by atoms with E-state index in [1.54, 1.807) is 4.68 Å². The van der Waals surface area contributed by atoms with Gasteiger partial charge in [-0.25, -0.2) is 4.68 Å². The van der Waals surface area contributed by atoms with Crippen molar-refractivity contribution in [3.05, 3.63) is 40.9 Å². The predicted molar refractivity (Wildman–Crippen MR) is 95.6 cm³/mol. The third-order valence-corrected chi connectivity index (χ3v) is 5.14. The Morgan fingerprint density at radius 3 is 2.89 bits per heavy atom. The zero-order valence-corrected chi connectivity index (χ0v) is 14.8. The smallest absolute Gasteiger partial charge is 0.226 e. The van der Waals surface area contributed by atoms with E-state index in [1.165, 1.54) is 0 Å². The number of ether oxygens (including phenoxy) is 2. The minimum Gasteiger partial charge on any atom is -0.490 e. The van der Waals surface area contributed by atoms with Crippen molar-refractivity contribution in [2.24, 2.45) is 0 Å². The summed E-state index contributed by atoms with van der Waals surface area (Å²) in [4.78, 5) is 17.1. The molecule has 5 rings (SSSR count). The van der Waals surface area contributed by atoms with Gasteiger partial charge in [-0.3, -0.25) is 4.79 Å². The molecule has 8 nitrogen and oxygen atoms in total. The summed E-state index contributed by atoms with van der Waals surface area (Å²) in [5, 5.41) is 17.1. The molecule has 0 saturated carbocycles. The average molecular weight is 368 g/mol. The molecular formula is C19H20N4O4. The number of anilines is 1. The van der Waals surface area contributed by atoms with Gasteiger partial charge in [0.05, 0.1) is 13.2 Å². The van der Waals surface area contributed by atoms with Crippen LogP contribution in [0.2, 0.25) is 0 Å². The molecule has 0 spiro atoms. The lowest BCUT2D eigenvalue weighted by atomic mass is 9.85. The van der Waals surface area contributed by atoms with Crippen molar-refractivity contribution >= 4 is 11.7 Å². The molecule has 0 radical (unpaired) electrons. The highest BCUT2D eigenvalue weighted by molar-refractivity contribution is 5.99. The van der Waals surface area contributed by atoms with Crippen LogP contribution in [0.5, 0.6) is 11.5 Å². The van der Waals surface area contributed by atoms with Gasteiger partial charge < -0.3 is 19.9 Å². The molecule has 1 unspecified atom stereocenters. The van der Waals surface area contributed by atoms with Crippen LogP contribution >= 0.6 is 0 Å². The van der Waals surface area contributed by atoms with Crippen LogP contribution in [-0.4, -0.2) is 38.9 Å². The quantitative estimate of drug-likeness (QED) is 0.836. The van der Waals surface area contributed by atoms with E-state index < -0.39 is 6.04 Å². The number of hydrogen-bond acceptors (Lipinski definition) is 7. The second kappa shape index (κ2) is 6.38. The topological polar surface area (TPSA) is 98.5 Å². The third-order valence-electron chi connectivity index (χ3n) is 5.14. The van der Waals surface area contributed by atoms with Crippen molar-refractivity contribution in [2.45, 2.75) is 38.3 Å². The number of allylic oxidation sites excluding steroid dienone is 2. The fraction of sp³-hybridized carbons (Fsp3) is 0.421. The highest BCUT2D eigenvalue weighted by Gasteiger charge is 2.37. The number of carbonyl (C=O) groups excluding carboxylic acids is 1.